The lowest BCUT2D eigenvalue weighted by molar-refractivity contribution is -0.119. The first-order chi connectivity index (χ1) is 6.43. The number of nitrogens with two attached hydrogens (primary N) is 2. The standard InChI is InChI=1S/C10H21N3O/c1-8(2)13-5-3-10(12,4-6-13)7-9(11)14/h8H,3-7,12H2,1-2H3,(H2,11,14). The maximum absolute atomic E-state index is 10.8. The van der Waals surface area contributed by atoms with Crippen LogP contribution in [0.1, 0.15) is 33.1 Å². The van der Waals surface area contributed by atoms with Gasteiger partial charge in [-0.25, -0.2) is 0 Å². The smallest absolute Gasteiger partial charge is 0.219 e. The monoisotopic (exact) mass is 199 g/mol. The molecule has 1 fully saturated rings. The van der Waals surface area contributed by atoms with Crippen molar-refractivity contribution in [3.05, 3.63) is 0 Å². The molecule has 0 aromatic rings. The van der Waals surface area contributed by atoms with Crippen LogP contribution >= 0.6 is 0 Å². The third kappa shape index (κ3) is 2.96. The van der Waals surface area contributed by atoms with E-state index < -0.39 is 0 Å². The van der Waals surface area contributed by atoms with Gasteiger partial charge in [0.1, 0.15) is 0 Å². The zero-order chi connectivity index (χ0) is 10.8. The van der Waals surface area contributed by atoms with E-state index in [2.05, 4.69) is 18.7 Å². The molecule has 0 spiro atoms. The van der Waals surface area contributed by atoms with E-state index >= 15 is 0 Å². The van der Waals surface area contributed by atoms with Gasteiger partial charge in [-0.2, -0.15) is 0 Å². The van der Waals surface area contributed by atoms with Crippen LogP contribution in [0.25, 0.3) is 0 Å². The molecule has 1 aliphatic rings. The van der Waals surface area contributed by atoms with Gasteiger partial charge in [0.2, 0.25) is 5.91 Å². The minimum absolute atomic E-state index is 0.287. The molecular weight excluding hydrogens is 178 g/mol. The molecule has 4 heteroatoms. The van der Waals surface area contributed by atoms with E-state index in [9.17, 15) is 4.79 Å². The summed E-state index contributed by atoms with van der Waals surface area (Å²) < 4.78 is 0. The molecule has 0 atom stereocenters. The Morgan fingerprint density at radius 1 is 1.43 bits per heavy atom. The van der Waals surface area contributed by atoms with Crippen molar-refractivity contribution >= 4 is 5.91 Å². The van der Waals surface area contributed by atoms with Crippen molar-refractivity contribution in [3.63, 3.8) is 0 Å². The van der Waals surface area contributed by atoms with Gasteiger partial charge >= 0.3 is 0 Å². The molecule has 0 aromatic heterocycles. The lowest BCUT2D eigenvalue weighted by Gasteiger charge is -2.40. The van der Waals surface area contributed by atoms with Gasteiger partial charge in [0.15, 0.2) is 0 Å². The van der Waals surface area contributed by atoms with Gasteiger partial charge in [-0.1, -0.05) is 0 Å². The van der Waals surface area contributed by atoms with E-state index in [0.29, 0.717) is 12.5 Å². The molecule has 0 aliphatic carbocycles. The molecule has 0 aromatic carbocycles. The van der Waals surface area contributed by atoms with Crippen LogP contribution in [-0.2, 0) is 4.79 Å². The number of carbonyl (C=O) groups is 1. The second-order valence-corrected chi connectivity index (χ2v) is 4.64. The molecular formula is C10H21N3O. The summed E-state index contributed by atoms with van der Waals surface area (Å²) in [6.45, 7) is 6.30. The van der Waals surface area contributed by atoms with Crippen LogP contribution in [0.3, 0.4) is 0 Å². The van der Waals surface area contributed by atoms with Crippen LogP contribution in [0.4, 0.5) is 0 Å². The average molecular weight is 199 g/mol. The molecule has 82 valence electrons. The Hall–Kier alpha value is -0.610. The number of hydrogen-bond acceptors (Lipinski definition) is 3. The van der Waals surface area contributed by atoms with Crippen molar-refractivity contribution in [2.45, 2.75) is 44.7 Å². The van der Waals surface area contributed by atoms with Gasteiger partial charge in [-0.3, -0.25) is 4.79 Å². The van der Waals surface area contributed by atoms with Crippen molar-refractivity contribution in [3.8, 4) is 0 Å². The Morgan fingerprint density at radius 2 is 1.93 bits per heavy atom. The highest BCUT2D eigenvalue weighted by atomic mass is 16.1. The number of hydrogen-bond donors (Lipinski definition) is 2. The molecule has 1 saturated heterocycles. The number of amides is 1. The van der Waals surface area contributed by atoms with Crippen molar-refractivity contribution in [1.29, 1.82) is 0 Å². The Morgan fingerprint density at radius 3 is 2.29 bits per heavy atom. The third-order valence-corrected chi connectivity index (χ3v) is 3.05. The second kappa shape index (κ2) is 4.28. The molecule has 0 unspecified atom stereocenters. The van der Waals surface area contributed by atoms with Crippen LogP contribution in [0, 0.1) is 0 Å². The van der Waals surface area contributed by atoms with E-state index in [0.717, 1.165) is 25.9 Å². The zero-order valence-corrected chi connectivity index (χ0v) is 9.12. The highest BCUT2D eigenvalue weighted by molar-refractivity contribution is 5.75. The van der Waals surface area contributed by atoms with Crippen LogP contribution in [0.5, 0.6) is 0 Å². The highest BCUT2D eigenvalue weighted by Crippen LogP contribution is 2.23. The normalized spacial score (nSPS) is 22.6. The topological polar surface area (TPSA) is 72.3 Å². The van der Waals surface area contributed by atoms with E-state index in [4.69, 9.17) is 11.5 Å². The lowest BCUT2D eigenvalue weighted by Crippen LogP contribution is -2.53. The Bertz CT molecular complexity index is 207. The molecule has 1 amide bonds. The fraction of sp³-hybridized carbons (Fsp3) is 0.900. The molecule has 1 aliphatic heterocycles. The molecule has 0 radical (unpaired) electrons. The fourth-order valence-corrected chi connectivity index (χ4v) is 2.01. The summed E-state index contributed by atoms with van der Waals surface area (Å²) in [5.74, 6) is -0.287. The summed E-state index contributed by atoms with van der Waals surface area (Å²) in [6.07, 6.45) is 2.06. The van der Waals surface area contributed by atoms with Gasteiger partial charge in [-0.15, -0.1) is 0 Å². The van der Waals surface area contributed by atoms with E-state index in [1.807, 2.05) is 0 Å². The number of piperidine rings is 1. The molecule has 0 saturated carbocycles. The summed E-state index contributed by atoms with van der Waals surface area (Å²) in [7, 11) is 0. The SMILES string of the molecule is CC(C)N1CCC(N)(CC(N)=O)CC1. The lowest BCUT2D eigenvalue weighted by atomic mass is 9.85. The van der Waals surface area contributed by atoms with Crippen molar-refractivity contribution < 1.29 is 4.79 Å². The number of rotatable bonds is 3. The minimum atomic E-state index is -0.350. The molecule has 4 nitrogen and oxygen atoms in total. The maximum atomic E-state index is 10.8. The molecule has 4 N–H and O–H groups in total. The van der Waals surface area contributed by atoms with Gasteiger partial charge in [0.25, 0.3) is 0 Å². The number of carbonyl (C=O) groups excluding carboxylic acids is 1. The number of nitrogens with zero attached hydrogens (tertiary/aromatic N) is 1. The second-order valence-electron chi connectivity index (χ2n) is 4.64. The Labute approximate surface area is 85.6 Å². The first kappa shape index (κ1) is 11.5. The van der Waals surface area contributed by atoms with Crippen LogP contribution in [0.15, 0.2) is 0 Å². The van der Waals surface area contributed by atoms with Crippen molar-refractivity contribution in [2.75, 3.05) is 13.1 Å². The molecule has 0 bridgehead atoms. The number of likely N-dealkylation sites (tertiary alicyclic amines) is 1. The number of primary amides is 1. The van der Waals surface area contributed by atoms with E-state index in [1.54, 1.807) is 0 Å². The van der Waals surface area contributed by atoms with Crippen LogP contribution in [-0.4, -0.2) is 35.5 Å². The van der Waals surface area contributed by atoms with E-state index in [1.165, 1.54) is 0 Å². The molecule has 1 heterocycles. The Kier molecular flexibility index (Phi) is 3.50. The minimum Gasteiger partial charge on any atom is -0.370 e. The third-order valence-electron chi connectivity index (χ3n) is 3.05. The summed E-state index contributed by atoms with van der Waals surface area (Å²) >= 11 is 0. The first-order valence-electron chi connectivity index (χ1n) is 5.24. The van der Waals surface area contributed by atoms with Gasteiger partial charge in [0.05, 0.1) is 0 Å². The summed E-state index contributed by atoms with van der Waals surface area (Å²) in [4.78, 5) is 13.2. The Balaban J connectivity index is 2.44. The largest absolute Gasteiger partial charge is 0.370 e. The van der Waals surface area contributed by atoms with Crippen LogP contribution in [0.2, 0.25) is 0 Å². The summed E-state index contributed by atoms with van der Waals surface area (Å²) in [6, 6.07) is 0.563. The predicted molar refractivity (Wildman–Crippen MR) is 56.7 cm³/mol. The maximum Gasteiger partial charge on any atom is 0.219 e. The first-order valence-corrected chi connectivity index (χ1v) is 5.24. The van der Waals surface area contributed by atoms with Gasteiger partial charge < -0.3 is 16.4 Å². The van der Waals surface area contributed by atoms with E-state index in [-0.39, 0.29) is 11.4 Å². The highest BCUT2D eigenvalue weighted by Gasteiger charge is 2.32. The van der Waals surface area contributed by atoms with Gasteiger partial charge in [-0.05, 0) is 26.7 Å². The predicted octanol–water partition coefficient (Wildman–Crippen LogP) is 0.0635. The summed E-state index contributed by atoms with van der Waals surface area (Å²) in [5.41, 5.74) is 10.9. The molecule has 14 heavy (non-hydrogen) atoms. The fourth-order valence-electron chi connectivity index (χ4n) is 2.01. The molecule has 1 rings (SSSR count). The van der Waals surface area contributed by atoms with Crippen molar-refractivity contribution in [1.82, 2.24) is 4.90 Å². The average Bonchev–Trinajstić information content (AvgIpc) is 2.02. The van der Waals surface area contributed by atoms with Crippen LogP contribution < -0.4 is 11.5 Å². The zero-order valence-electron chi connectivity index (χ0n) is 9.12. The van der Waals surface area contributed by atoms with Crippen molar-refractivity contribution in [2.24, 2.45) is 11.5 Å². The quantitative estimate of drug-likeness (QED) is 0.675. The summed E-state index contributed by atoms with van der Waals surface area (Å²) in [5, 5.41) is 0. The van der Waals surface area contributed by atoms with Gasteiger partial charge in [0, 0.05) is 31.1 Å².